The second-order valence-electron chi connectivity index (χ2n) is 2.79. The van der Waals surface area contributed by atoms with Gasteiger partial charge in [0, 0.05) is 6.42 Å². The predicted octanol–water partition coefficient (Wildman–Crippen LogP) is 2.73. The van der Waals surface area contributed by atoms with Crippen molar-refractivity contribution >= 4 is 5.69 Å². The van der Waals surface area contributed by atoms with Crippen molar-refractivity contribution in [2.24, 2.45) is 10.2 Å². The van der Waals surface area contributed by atoms with Crippen molar-refractivity contribution in [2.45, 2.75) is 6.42 Å². The highest BCUT2D eigenvalue weighted by Gasteiger charge is 2.06. The lowest BCUT2D eigenvalue weighted by atomic mass is 10.1. The molecule has 1 aromatic rings. The van der Waals surface area contributed by atoms with E-state index in [4.69, 9.17) is 5.26 Å². The molecule has 0 spiro atoms. The molecule has 3 nitrogen and oxygen atoms in total. The molecule has 2 rings (SSSR count). The fourth-order valence-corrected chi connectivity index (χ4v) is 1.24. The Kier molecular flexibility index (Phi) is 1.89. The molecule has 0 radical (unpaired) electrons. The van der Waals surface area contributed by atoms with Gasteiger partial charge in [0.05, 0.1) is 23.5 Å². The van der Waals surface area contributed by atoms with E-state index in [1.54, 1.807) is 0 Å². The fraction of sp³-hybridized carbons (Fsp3) is 0.100. The van der Waals surface area contributed by atoms with Crippen LogP contribution in [0.25, 0.3) is 0 Å². The van der Waals surface area contributed by atoms with Gasteiger partial charge in [0.1, 0.15) is 0 Å². The van der Waals surface area contributed by atoms with Crippen LogP contribution in [-0.2, 0) is 6.42 Å². The summed E-state index contributed by atoms with van der Waals surface area (Å²) >= 11 is 0. The largest absolute Gasteiger partial charge is 0.193 e. The minimum absolute atomic E-state index is 0.625. The second-order valence-corrected chi connectivity index (χ2v) is 2.79. The molecule has 13 heavy (non-hydrogen) atoms. The van der Waals surface area contributed by atoms with E-state index in [9.17, 15) is 0 Å². The van der Waals surface area contributed by atoms with Gasteiger partial charge in [0.25, 0.3) is 0 Å². The van der Waals surface area contributed by atoms with Crippen LogP contribution in [0.5, 0.6) is 0 Å². The van der Waals surface area contributed by atoms with Crippen LogP contribution >= 0.6 is 0 Å². The van der Waals surface area contributed by atoms with E-state index in [2.05, 4.69) is 16.3 Å². The van der Waals surface area contributed by atoms with E-state index < -0.39 is 0 Å². The first-order valence-corrected chi connectivity index (χ1v) is 3.98. The third-order valence-electron chi connectivity index (χ3n) is 1.90. The highest BCUT2D eigenvalue weighted by atomic mass is 15.1. The first-order valence-electron chi connectivity index (χ1n) is 3.98. The molecule has 0 saturated heterocycles. The molecule has 0 aromatic heterocycles. The maximum Gasteiger partial charge on any atom is 0.0967 e. The smallest absolute Gasteiger partial charge is 0.0967 e. The Hall–Kier alpha value is -1.95. The van der Waals surface area contributed by atoms with Crippen LogP contribution in [0.3, 0.4) is 0 Å². The van der Waals surface area contributed by atoms with Gasteiger partial charge in [0.2, 0.25) is 0 Å². The van der Waals surface area contributed by atoms with Crippen LogP contribution in [0.4, 0.5) is 5.69 Å². The lowest BCUT2D eigenvalue weighted by molar-refractivity contribution is 1.20. The number of fused-ring (bicyclic) bond motifs is 1. The highest BCUT2D eigenvalue weighted by molar-refractivity contribution is 5.49. The third kappa shape index (κ3) is 1.47. The van der Waals surface area contributed by atoms with Crippen molar-refractivity contribution in [1.29, 1.82) is 5.26 Å². The number of benzene rings is 1. The minimum Gasteiger partial charge on any atom is -0.193 e. The van der Waals surface area contributed by atoms with Crippen molar-refractivity contribution < 1.29 is 0 Å². The summed E-state index contributed by atoms with van der Waals surface area (Å²) in [7, 11) is 0. The molecule has 3 heteroatoms. The van der Waals surface area contributed by atoms with Gasteiger partial charge in [-0.15, -0.1) is 0 Å². The molecule has 1 heterocycles. The van der Waals surface area contributed by atoms with E-state index in [0.29, 0.717) is 12.0 Å². The molecule has 0 N–H and O–H groups in total. The number of hydrogen-bond donors (Lipinski definition) is 0. The summed E-state index contributed by atoms with van der Waals surface area (Å²) < 4.78 is 0. The predicted molar refractivity (Wildman–Crippen MR) is 48.4 cm³/mol. The van der Waals surface area contributed by atoms with Gasteiger partial charge in [-0.1, -0.05) is 18.2 Å². The summed E-state index contributed by atoms with van der Waals surface area (Å²) in [6.45, 7) is 0. The van der Waals surface area contributed by atoms with Crippen LogP contribution in [0.2, 0.25) is 0 Å². The molecule has 0 aliphatic carbocycles. The Morgan fingerprint density at radius 1 is 1.31 bits per heavy atom. The van der Waals surface area contributed by atoms with Crippen molar-refractivity contribution in [3.8, 4) is 6.07 Å². The van der Waals surface area contributed by atoms with Crippen LogP contribution < -0.4 is 0 Å². The van der Waals surface area contributed by atoms with Crippen LogP contribution in [0, 0.1) is 11.3 Å². The molecule has 0 fully saturated rings. The number of allylic oxidation sites excluding steroid dienone is 1. The zero-order valence-corrected chi connectivity index (χ0v) is 6.94. The first kappa shape index (κ1) is 7.69. The Labute approximate surface area is 76.0 Å². The molecular formula is C10H7N3. The molecule has 62 valence electrons. The van der Waals surface area contributed by atoms with E-state index >= 15 is 0 Å². The van der Waals surface area contributed by atoms with Crippen molar-refractivity contribution in [1.82, 2.24) is 0 Å². The van der Waals surface area contributed by atoms with Gasteiger partial charge in [-0.2, -0.15) is 15.5 Å². The monoisotopic (exact) mass is 169 g/mol. The van der Waals surface area contributed by atoms with Crippen LogP contribution in [0.15, 0.2) is 46.3 Å². The van der Waals surface area contributed by atoms with Gasteiger partial charge >= 0.3 is 0 Å². The summed E-state index contributed by atoms with van der Waals surface area (Å²) in [5, 5.41) is 16.5. The van der Waals surface area contributed by atoms with Crippen molar-refractivity contribution in [3.63, 3.8) is 0 Å². The fourth-order valence-electron chi connectivity index (χ4n) is 1.24. The second kappa shape index (κ2) is 3.20. The van der Waals surface area contributed by atoms with Crippen LogP contribution in [0.1, 0.15) is 5.56 Å². The molecule has 0 bridgehead atoms. The Morgan fingerprint density at radius 2 is 2.15 bits per heavy atom. The summed E-state index contributed by atoms with van der Waals surface area (Å²) in [6, 6.07) is 9.80. The topological polar surface area (TPSA) is 48.5 Å². The van der Waals surface area contributed by atoms with Gasteiger partial charge in [-0.3, -0.25) is 0 Å². The molecular weight excluding hydrogens is 162 g/mol. The summed E-state index contributed by atoms with van der Waals surface area (Å²) in [5.41, 5.74) is 2.55. The average molecular weight is 169 g/mol. The van der Waals surface area contributed by atoms with Gasteiger partial charge in [-0.25, -0.2) is 0 Å². The summed E-state index contributed by atoms with van der Waals surface area (Å²) in [5.74, 6) is 0. The van der Waals surface area contributed by atoms with Crippen LogP contribution in [-0.4, -0.2) is 0 Å². The molecule has 0 atom stereocenters. The maximum atomic E-state index is 8.72. The Morgan fingerprint density at radius 3 is 3.00 bits per heavy atom. The van der Waals surface area contributed by atoms with Gasteiger partial charge in [-0.05, 0) is 11.6 Å². The quantitative estimate of drug-likeness (QED) is 0.589. The minimum atomic E-state index is 0.625. The Balaban J connectivity index is 2.47. The molecule has 1 aromatic carbocycles. The molecule has 0 amide bonds. The molecule has 0 unspecified atom stereocenters. The van der Waals surface area contributed by atoms with E-state index in [1.165, 1.54) is 6.20 Å². The number of nitriles is 1. The number of hydrogen-bond acceptors (Lipinski definition) is 3. The third-order valence-corrected chi connectivity index (χ3v) is 1.90. The normalized spacial score (nSPS) is 13.9. The zero-order chi connectivity index (χ0) is 9.10. The number of azo groups is 1. The molecule has 0 saturated carbocycles. The zero-order valence-electron chi connectivity index (χ0n) is 6.94. The molecule has 1 aliphatic rings. The van der Waals surface area contributed by atoms with Gasteiger partial charge < -0.3 is 0 Å². The lowest BCUT2D eigenvalue weighted by Gasteiger charge is -1.99. The number of rotatable bonds is 0. The summed E-state index contributed by atoms with van der Waals surface area (Å²) in [6.07, 6.45) is 2.14. The lowest BCUT2D eigenvalue weighted by Crippen LogP contribution is -1.86. The highest BCUT2D eigenvalue weighted by Crippen LogP contribution is 2.24. The first-order chi connectivity index (χ1) is 6.40. The van der Waals surface area contributed by atoms with E-state index in [-0.39, 0.29) is 0 Å². The van der Waals surface area contributed by atoms with Crippen molar-refractivity contribution in [3.05, 3.63) is 41.6 Å². The van der Waals surface area contributed by atoms with E-state index in [0.717, 1.165) is 11.3 Å². The Bertz CT molecular complexity index is 424. The number of nitrogens with zero attached hydrogens (tertiary/aromatic N) is 3. The summed E-state index contributed by atoms with van der Waals surface area (Å²) in [4.78, 5) is 0. The standard InChI is InChI=1S/C10H7N3/c11-6-8-5-9-3-1-2-4-10(9)13-12-7-8/h1-4,7H,5H2. The van der Waals surface area contributed by atoms with E-state index in [1.807, 2.05) is 24.3 Å². The SMILES string of the molecule is N#CC1=CN=Nc2ccccc2C1. The average Bonchev–Trinajstić information content (AvgIpc) is 2.38. The molecule has 1 aliphatic heterocycles. The maximum absolute atomic E-state index is 8.72. The van der Waals surface area contributed by atoms with Gasteiger partial charge in [0.15, 0.2) is 0 Å². The van der Waals surface area contributed by atoms with Crippen molar-refractivity contribution in [2.75, 3.05) is 0 Å².